The SMILES string of the molecule is O=C1COc2ccc(Cl)cc2N1CC(O)CNC1CC1. The normalized spacial score (nSPS) is 19.5. The summed E-state index contributed by atoms with van der Waals surface area (Å²) in [5, 5.41) is 13.9. The minimum atomic E-state index is -0.607. The Hall–Kier alpha value is -1.30. The number of benzene rings is 1. The number of hydrogen-bond donors (Lipinski definition) is 2. The fourth-order valence-corrected chi connectivity index (χ4v) is 2.41. The maximum Gasteiger partial charge on any atom is 0.265 e. The molecule has 1 aliphatic heterocycles. The molecule has 2 N–H and O–H groups in total. The molecule has 0 spiro atoms. The van der Waals surface area contributed by atoms with E-state index in [0.717, 1.165) is 0 Å². The lowest BCUT2D eigenvalue weighted by Gasteiger charge is -2.31. The molecule has 20 heavy (non-hydrogen) atoms. The van der Waals surface area contributed by atoms with E-state index >= 15 is 0 Å². The Morgan fingerprint density at radius 3 is 3.05 bits per heavy atom. The van der Waals surface area contributed by atoms with Crippen molar-refractivity contribution in [1.82, 2.24) is 5.32 Å². The first-order valence-electron chi connectivity index (χ1n) is 6.77. The van der Waals surface area contributed by atoms with Crippen LogP contribution in [0.15, 0.2) is 18.2 Å². The van der Waals surface area contributed by atoms with E-state index in [1.54, 1.807) is 23.1 Å². The van der Waals surface area contributed by atoms with Gasteiger partial charge in [-0.25, -0.2) is 0 Å². The zero-order valence-electron chi connectivity index (χ0n) is 11.0. The van der Waals surface area contributed by atoms with Gasteiger partial charge in [-0.15, -0.1) is 0 Å². The third kappa shape index (κ3) is 3.06. The number of nitrogens with one attached hydrogen (secondary N) is 1. The van der Waals surface area contributed by atoms with Gasteiger partial charge < -0.3 is 20.1 Å². The van der Waals surface area contributed by atoms with Crippen LogP contribution in [0, 0.1) is 0 Å². The van der Waals surface area contributed by atoms with E-state index in [1.807, 2.05) is 0 Å². The van der Waals surface area contributed by atoms with Crippen LogP contribution >= 0.6 is 11.6 Å². The smallest absolute Gasteiger partial charge is 0.265 e. The van der Waals surface area contributed by atoms with Gasteiger partial charge in [0, 0.05) is 17.6 Å². The summed E-state index contributed by atoms with van der Waals surface area (Å²) in [6.45, 7) is 0.734. The number of halogens is 1. The van der Waals surface area contributed by atoms with Crippen molar-refractivity contribution in [2.45, 2.75) is 25.0 Å². The van der Waals surface area contributed by atoms with Crippen LogP contribution in [0.3, 0.4) is 0 Å². The molecule has 1 amide bonds. The monoisotopic (exact) mass is 296 g/mol. The summed E-state index contributed by atoms with van der Waals surface area (Å²) in [5.41, 5.74) is 0.624. The molecule has 1 fully saturated rings. The molecule has 0 aromatic heterocycles. The number of fused-ring (bicyclic) bond motifs is 1. The van der Waals surface area contributed by atoms with Crippen LogP contribution in [0.4, 0.5) is 5.69 Å². The second-order valence-corrected chi connectivity index (χ2v) is 5.68. The number of amides is 1. The first kappa shape index (κ1) is 13.7. The molecule has 0 bridgehead atoms. The van der Waals surface area contributed by atoms with E-state index in [-0.39, 0.29) is 19.1 Å². The van der Waals surface area contributed by atoms with Crippen molar-refractivity contribution < 1.29 is 14.6 Å². The lowest BCUT2D eigenvalue weighted by atomic mass is 10.2. The Balaban J connectivity index is 1.70. The number of carbonyl (C=O) groups is 1. The zero-order chi connectivity index (χ0) is 14.1. The predicted octanol–water partition coefficient (Wildman–Crippen LogP) is 1.18. The van der Waals surface area contributed by atoms with E-state index in [0.29, 0.717) is 29.0 Å². The van der Waals surface area contributed by atoms with Crippen molar-refractivity contribution in [2.24, 2.45) is 0 Å². The first-order chi connectivity index (χ1) is 9.63. The van der Waals surface area contributed by atoms with Gasteiger partial charge in [0.2, 0.25) is 0 Å². The average molecular weight is 297 g/mol. The number of nitrogens with zero attached hydrogens (tertiary/aromatic N) is 1. The lowest BCUT2D eigenvalue weighted by Crippen LogP contribution is -2.45. The molecule has 1 unspecified atom stereocenters. The number of β-amino-alcohol motifs (C(OH)–C–C–N with tert-alkyl or cyclic N) is 1. The molecule has 1 saturated carbocycles. The quantitative estimate of drug-likeness (QED) is 0.856. The topological polar surface area (TPSA) is 61.8 Å². The van der Waals surface area contributed by atoms with Crippen LogP contribution in [0.25, 0.3) is 0 Å². The highest BCUT2D eigenvalue weighted by molar-refractivity contribution is 6.31. The van der Waals surface area contributed by atoms with Gasteiger partial charge in [-0.2, -0.15) is 0 Å². The first-order valence-corrected chi connectivity index (χ1v) is 7.15. The number of aliphatic hydroxyl groups excluding tert-OH is 1. The Bertz CT molecular complexity index is 519. The third-order valence-corrected chi connectivity index (χ3v) is 3.71. The molecule has 6 heteroatoms. The van der Waals surface area contributed by atoms with Crippen molar-refractivity contribution in [3.63, 3.8) is 0 Å². The number of aliphatic hydroxyl groups is 1. The molecule has 1 aliphatic carbocycles. The van der Waals surface area contributed by atoms with Crippen LogP contribution in [-0.4, -0.2) is 42.9 Å². The van der Waals surface area contributed by atoms with E-state index in [9.17, 15) is 9.90 Å². The molecule has 0 saturated heterocycles. The average Bonchev–Trinajstić information content (AvgIpc) is 3.24. The van der Waals surface area contributed by atoms with Gasteiger partial charge in [0.15, 0.2) is 6.61 Å². The van der Waals surface area contributed by atoms with E-state index in [2.05, 4.69) is 5.32 Å². The van der Waals surface area contributed by atoms with Crippen LogP contribution in [0.2, 0.25) is 5.02 Å². The van der Waals surface area contributed by atoms with Crippen molar-refractivity contribution >= 4 is 23.2 Å². The number of ether oxygens (including phenoxy) is 1. The van der Waals surface area contributed by atoms with Crippen molar-refractivity contribution in [2.75, 3.05) is 24.6 Å². The minimum Gasteiger partial charge on any atom is -0.482 e. The maximum atomic E-state index is 12.0. The fraction of sp³-hybridized carbons (Fsp3) is 0.500. The van der Waals surface area contributed by atoms with Gasteiger partial charge in [-0.1, -0.05) is 11.6 Å². The maximum absolute atomic E-state index is 12.0. The van der Waals surface area contributed by atoms with Crippen molar-refractivity contribution in [3.8, 4) is 5.75 Å². The van der Waals surface area contributed by atoms with Gasteiger partial charge in [0.05, 0.1) is 18.3 Å². The van der Waals surface area contributed by atoms with E-state index < -0.39 is 6.10 Å². The van der Waals surface area contributed by atoms with Crippen LogP contribution in [0.5, 0.6) is 5.75 Å². The molecule has 3 rings (SSSR count). The Labute approximate surface area is 122 Å². The van der Waals surface area contributed by atoms with E-state index in [1.165, 1.54) is 12.8 Å². The molecule has 1 aromatic carbocycles. The molecule has 5 nitrogen and oxygen atoms in total. The van der Waals surface area contributed by atoms with Crippen LogP contribution in [0.1, 0.15) is 12.8 Å². The Morgan fingerprint density at radius 2 is 2.30 bits per heavy atom. The number of carbonyl (C=O) groups excluding carboxylic acids is 1. The van der Waals surface area contributed by atoms with Gasteiger partial charge >= 0.3 is 0 Å². The highest BCUT2D eigenvalue weighted by Gasteiger charge is 2.28. The summed E-state index contributed by atoms with van der Waals surface area (Å²) in [6.07, 6.45) is 1.73. The summed E-state index contributed by atoms with van der Waals surface area (Å²) in [6, 6.07) is 5.69. The zero-order valence-corrected chi connectivity index (χ0v) is 11.8. The van der Waals surface area contributed by atoms with Crippen molar-refractivity contribution in [3.05, 3.63) is 23.2 Å². The Morgan fingerprint density at radius 1 is 1.50 bits per heavy atom. The molecular formula is C14H17ClN2O3. The van der Waals surface area contributed by atoms with Crippen LogP contribution < -0.4 is 15.0 Å². The highest BCUT2D eigenvalue weighted by Crippen LogP contribution is 2.34. The second kappa shape index (κ2) is 5.60. The van der Waals surface area contributed by atoms with Crippen molar-refractivity contribution in [1.29, 1.82) is 0 Å². The molecule has 108 valence electrons. The number of anilines is 1. The highest BCUT2D eigenvalue weighted by atomic mass is 35.5. The summed E-state index contributed by atoms with van der Waals surface area (Å²) in [5.74, 6) is 0.460. The fourth-order valence-electron chi connectivity index (χ4n) is 2.24. The van der Waals surface area contributed by atoms with Gasteiger partial charge in [0.25, 0.3) is 5.91 Å². The molecule has 1 aromatic rings. The minimum absolute atomic E-state index is 0.00257. The molecule has 1 atom stereocenters. The summed E-state index contributed by atoms with van der Waals surface area (Å²) >= 11 is 5.97. The second-order valence-electron chi connectivity index (χ2n) is 5.24. The molecular weight excluding hydrogens is 280 g/mol. The standard InChI is InChI=1S/C14H17ClN2O3/c15-9-1-4-13-12(5-9)17(14(19)8-20-13)7-11(18)6-16-10-2-3-10/h1,4-5,10-11,16,18H,2-3,6-8H2. The molecule has 0 radical (unpaired) electrons. The summed E-state index contributed by atoms with van der Waals surface area (Å²) in [7, 11) is 0. The van der Waals surface area contributed by atoms with E-state index in [4.69, 9.17) is 16.3 Å². The van der Waals surface area contributed by atoms with Crippen LogP contribution in [-0.2, 0) is 4.79 Å². The summed E-state index contributed by atoms with van der Waals surface area (Å²) in [4.78, 5) is 13.5. The van der Waals surface area contributed by atoms with Gasteiger partial charge in [-0.05, 0) is 31.0 Å². The van der Waals surface area contributed by atoms with Gasteiger partial charge in [0.1, 0.15) is 5.75 Å². The summed E-state index contributed by atoms with van der Waals surface area (Å²) < 4.78 is 5.36. The molecule has 2 aliphatic rings. The largest absolute Gasteiger partial charge is 0.482 e. The number of hydrogen-bond acceptors (Lipinski definition) is 4. The van der Waals surface area contributed by atoms with Gasteiger partial charge in [-0.3, -0.25) is 4.79 Å². The predicted molar refractivity (Wildman–Crippen MR) is 76.3 cm³/mol. The number of rotatable bonds is 5. The molecule has 1 heterocycles. The Kier molecular flexibility index (Phi) is 3.83. The third-order valence-electron chi connectivity index (χ3n) is 3.48. The lowest BCUT2D eigenvalue weighted by molar-refractivity contribution is -0.121.